The number of nitrogens with one attached hydrogen (secondary N) is 9. The number of amides is 4. The molecule has 0 radical (unpaired) electrons. The largest absolute Gasteiger partial charge is 0.369 e. The monoisotopic (exact) mass is 1080 g/mol. The number of guanidine groups is 2. The van der Waals surface area contributed by atoms with E-state index in [4.69, 9.17) is 11.5 Å². The van der Waals surface area contributed by atoms with Gasteiger partial charge in [-0.3, -0.25) is 29.2 Å². The van der Waals surface area contributed by atoms with E-state index in [9.17, 15) is 36.0 Å². The maximum absolute atomic E-state index is 13.5. The summed E-state index contributed by atoms with van der Waals surface area (Å²) in [6.07, 6.45) is 6.67. The summed E-state index contributed by atoms with van der Waals surface area (Å²) in [6.45, 7) is 5.79. The zero-order chi connectivity index (χ0) is 54.5. The summed E-state index contributed by atoms with van der Waals surface area (Å²) >= 11 is 0. The van der Waals surface area contributed by atoms with Crippen molar-refractivity contribution in [3.05, 3.63) is 132 Å². The van der Waals surface area contributed by atoms with Crippen LogP contribution in [-0.4, -0.2) is 114 Å². The van der Waals surface area contributed by atoms with Gasteiger partial charge in [0.1, 0.15) is 12.1 Å². The van der Waals surface area contributed by atoms with Crippen LogP contribution in [0.15, 0.2) is 129 Å². The molecule has 0 aliphatic carbocycles. The van der Waals surface area contributed by atoms with Crippen molar-refractivity contribution in [1.82, 2.24) is 46.0 Å². The van der Waals surface area contributed by atoms with Crippen molar-refractivity contribution >= 4 is 77.4 Å². The minimum atomic E-state index is -3.94. The number of hydrogen-bond donors (Lipinski definition) is 11. The van der Waals surface area contributed by atoms with Crippen molar-refractivity contribution in [1.29, 1.82) is 0 Å². The fourth-order valence-corrected chi connectivity index (χ4v) is 10.1. The summed E-state index contributed by atoms with van der Waals surface area (Å²) in [5.41, 5.74) is 17.0. The Balaban J connectivity index is 0.924. The van der Waals surface area contributed by atoms with E-state index in [1.165, 1.54) is 24.3 Å². The Morgan fingerprint density at radius 1 is 0.526 bits per heavy atom. The van der Waals surface area contributed by atoms with Gasteiger partial charge in [-0.2, -0.15) is 0 Å². The van der Waals surface area contributed by atoms with Gasteiger partial charge in [0.2, 0.25) is 35.5 Å². The summed E-state index contributed by atoms with van der Waals surface area (Å²) in [5.74, 6) is -1.99. The maximum atomic E-state index is 13.5. The van der Waals surface area contributed by atoms with Gasteiger partial charge in [0.05, 0.1) is 22.6 Å². The maximum Gasteiger partial charge on any atom is 0.264 e. The molecule has 0 saturated carbocycles. The fraction of sp³-hybridized carbons (Fsp3) is 0.358. The van der Waals surface area contributed by atoms with Crippen molar-refractivity contribution < 1.29 is 36.0 Å². The molecule has 76 heavy (non-hydrogen) atoms. The Morgan fingerprint density at radius 2 is 0.921 bits per heavy atom. The SMILES string of the molecule is Cc1ccc(S(=O)(=O)NC(N)=NCCC[C@@H](NC(=O)Cc2c[nH]c3ccccc23)C(=O)NCCCCNCCCNC(=O)[C@@H](CCCN=C(N)NS(=O)(=O)c2ccc(C)cc2)NC(=O)Cc2c[nH]c3ccccc23)cc1. The van der Waals surface area contributed by atoms with E-state index >= 15 is 0 Å². The smallest absolute Gasteiger partial charge is 0.264 e. The van der Waals surface area contributed by atoms with E-state index in [0.29, 0.717) is 51.9 Å². The molecule has 23 heteroatoms. The number of aliphatic imine (C=N–C) groups is 2. The van der Waals surface area contributed by atoms with Crippen LogP contribution in [-0.2, 0) is 52.1 Å². The van der Waals surface area contributed by atoms with Crippen LogP contribution < -0.4 is 47.5 Å². The molecule has 2 atom stereocenters. The Bertz CT molecular complexity index is 2980. The van der Waals surface area contributed by atoms with Gasteiger partial charge in [-0.05, 0) is 119 Å². The molecule has 4 amide bonds. The number of para-hydroxylation sites is 2. The topological polar surface area (TPSA) is 329 Å². The van der Waals surface area contributed by atoms with Gasteiger partial charge >= 0.3 is 0 Å². The number of fused-ring (bicyclic) bond motifs is 2. The second-order valence-electron chi connectivity index (χ2n) is 18.4. The molecular weight excluding hydrogens is 1010 g/mol. The molecule has 6 aromatic rings. The number of hydrogen-bond acceptors (Lipinski definition) is 11. The third-order valence-electron chi connectivity index (χ3n) is 12.3. The molecule has 0 unspecified atom stereocenters. The third kappa shape index (κ3) is 18.0. The van der Waals surface area contributed by atoms with E-state index in [2.05, 4.69) is 56.0 Å². The van der Waals surface area contributed by atoms with Crippen molar-refractivity contribution in [3.63, 3.8) is 0 Å². The molecule has 21 nitrogen and oxygen atoms in total. The van der Waals surface area contributed by atoms with Gasteiger partial charge in [0, 0.05) is 60.4 Å². The van der Waals surface area contributed by atoms with E-state index in [1.54, 1.807) is 36.7 Å². The first kappa shape index (κ1) is 57.5. The molecular formula is C53H69N13O8S2. The number of nitrogens with zero attached hydrogens (tertiary/aromatic N) is 2. The highest BCUT2D eigenvalue weighted by Gasteiger charge is 2.23. The Morgan fingerprint density at radius 3 is 1.37 bits per heavy atom. The number of aromatic amines is 2. The number of sulfonamides is 2. The highest BCUT2D eigenvalue weighted by atomic mass is 32.2. The van der Waals surface area contributed by atoms with E-state index in [1.807, 2.05) is 62.4 Å². The second-order valence-corrected chi connectivity index (χ2v) is 21.7. The average molecular weight is 1080 g/mol. The molecule has 2 aromatic heterocycles. The quantitative estimate of drug-likeness (QED) is 0.0184. The molecule has 6 rings (SSSR count). The Kier molecular flexibility index (Phi) is 21.4. The Hall–Kier alpha value is -7.76. The normalized spacial score (nSPS) is 13.0. The number of benzene rings is 4. The number of aromatic nitrogens is 2. The van der Waals surface area contributed by atoms with Crippen LogP contribution in [0.4, 0.5) is 0 Å². The lowest BCUT2D eigenvalue weighted by Gasteiger charge is -2.19. The van der Waals surface area contributed by atoms with Crippen LogP contribution in [0.5, 0.6) is 0 Å². The van der Waals surface area contributed by atoms with Crippen LogP contribution in [0.3, 0.4) is 0 Å². The van der Waals surface area contributed by atoms with E-state index < -0.39 is 32.1 Å². The molecule has 0 saturated heterocycles. The molecule has 0 spiro atoms. The van der Waals surface area contributed by atoms with Crippen molar-refractivity contribution in [2.24, 2.45) is 21.5 Å². The lowest BCUT2D eigenvalue weighted by Crippen LogP contribution is -2.47. The van der Waals surface area contributed by atoms with Crippen molar-refractivity contribution in [2.45, 2.75) is 93.5 Å². The van der Waals surface area contributed by atoms with E-state index in [0.717, 1.165) is 50.5 Å². The number of carbonyl (C=O) groups is 4. The van der Waals surface area contributed by atoms with Gasteiger partial charge in [0.15, 0.2) is 0 Å². The zero-order valence-corrected chi connectivity index (χ0v) is 44.4. The van der Waals surface area contributed by atoms with Crippen LogP contribution in [0.1, 0.15) is 67.2 Å². The van der Waals surface area contributed by atoms with E-state index in [-0.39, 0.29) is 84.1 Å². The van der Waals surface area contributed by atoms with Crippen molar-refractivity contribution in [2.75, 3.05) is 39.3 Å². The van der Waals surface area contributed by atoms with Gasteiger partial charge < -0.3 is 48.0 Å². The van der Waals surface area contributed by atoms with Gasteiger partial charge in [0.25, 0.3) is 20.0 Å². The summed E-state index contributed by atoms with van der Waals surface area (Å²) in [6, 6.07) is 26.0. The van der Waals surface area contributed by atoms with Crippen LogP contribution in [0.25, 0.3) is 21.8 Å². The van der Waals surface area contributed by atoms with Crippen LogP contribution in [0.2, 0.25) is 0 Å². The molecule has 4 aromatic carbocycles. The number of H-pyrrole nitrogens is 2. The molecule has 0 aliphatic rings. The average Bonchev–Trinajstić information content (AvgIpc) is 3.99. The highest BCUT2D eigenvalue weighted by Crippen LogP contribution is 2.20. The molecule has 406 valence electrons. The van der Waals surface area contributed by atoms with Crippen molar-refractivity contribution in [3.8, 4) is 0 Å². The van der Waals surface area contributed by atoms with Gasteiger partial charge in [-0.25, -0.2) is 26.3 Å². The molecule has 2 heterocycles. The molecule has 0 aliphatic heterocycles. The van der Waals surface area contributed by atoms with Gasteiger partial charge in [-0.15, -0.1) is 0 Å². The highest BCUT2D eigenvalue weighted by molar-refractivity contribution is 7.90. The fourth-order valence-electron chi connectivity index (χ4n) is 8.20. The standard InChI is InChI=1S/C53H69N13O8S2/c1-36-18-22-40(23-19-36)75(71,72)65-52(54)59-29-9-16-46(63-48(67)32-38-34-61-44-14-5-3-12-42(38)44)50(69)57-28-8-7-26-56-27-11-31-58-51(70)47(64-49(68)33-39-35-62-45-15-6-4-13-43(39)45)17-10-30-60-53(55)66-76(73,74)41-24-20-37(2)21-25-41/h3-6,12-15,18-25,34-35,46-47,56,61-62H,7-11,16-17,26-33H2,1-2H3,(H,57,69)(H,58,70)(H,63,67)(H,64,68)(H3,54,59,65)(H3,55,60,66)/t46-,47-/m1/s1. The number of rotatable bonds is 29. The summed E-state index contributed by atoms with van der Waals surface area (Å²) < 4.78 is 55.5. The minimum Gasteiger partial charge on any atom is -0.369 e. The first-order chi connectivity index (χ1) is 36.5. The first-order valence-corrected chi connectivity index (χ1v) is 28.2. The summed E-state index contributed by atoms with van der Waals surface area (Å²) in [7, 11) is -7.88. The number of nitrogens with two attached hydrogens (primary N) is 2. The molecule has 13 N–H and O–H groups in total. The Labute approximate surface area is 443 Å². The third-order valence-corrected chi connectivity index (χ3v) is 15.0. The first-order valence-electron chi connectivity index (χ1n) is 25.2. The predicted octanol–water partition coefficient (Wildman–Crippen LogP) is 3.16. The molecule has 0 fully saturated rings. The summed E-state index contributed by atoms with van der Waals surface area (Å²) in [5, 5.41) is 16.7. The number of unbranched alkanes of at least 4 members (excludes halogenated alkanes) is 1. The summed E-state index contributed by atoms with van der Waals surface area (Å²) in [4.78, 5) is 68.3. The van der Waals surface area contributed by atoms with Gasteiger partial charge in [-0.1, -0.05) is 71.8 Å². The second kappa shape index (κ2) is 28.2. The van der Waals surface area contributed by atoms with Crippen LogP contribution >= 0.6 is 0 Å². The van der Waals surface area contributed by atoms with Crippen LogP contribution in [0, 0.1) is 13.8 Å². The number of aryl methyl sites for hydroxylation is 2. The predicted molar refractivity (Wildman–Crippen MR) is 295 cm³/mol. The molecule has 0 bridgehead atoms. The number of carbonyl (C=O) groups excluding carboxylic acids is 4. The zero-order valence-electron chi connectivity index (χ0n) is 42.8. The minimum absolute atomic E-state index is 0.0430. The lowest BCUT2D eigenvalue weighted by atomic mass is 10.1. The lowest BCUT2D eigenvalue weighted by molar-refractivity contribution is -0.128.